The summed E-state index contributed by atoms with van der Waals surface area (Å²) in [5.41, 5.74) is 0. The molecule has 0 rings (SSSR count). The maximum Gasteiger partial charge on any atom is 0.116 e. The van der Waals surface area contributed by atoms with E-state index in [9.17, 15) is 0 Å². The standard InChI is InChI=1S/C2H7OP/c1-2-4-3/h3-4H,2H2,1H3/p+1. The maximum atomic E-state index is 7.96. The largest absolute Gasteiger partial charge is 0.257 e. The third-order valence-corrected chi connectivity index (χ3v) is 0.548. The predicted molar refractivity (Wildman–Crippen MR) is 22.5 cm³/mol. The minimum atomic E-state index is -0.218. The number of rotatable bonds is 1. The van der Waals surface area contributed by atoms with E-state index in [4.69, 9.17) is 4.89 Å². The van der Waals surface area contributed by atoms with Crippen LogP contribution in [0.15, 0.2) is 0 Å². The SMILES string of the molecule is CC[PH2+]O. The molecular weight excluding hydrogens is 71.0 g/mol. The first-order valence-corrected chi connectivity index (χ1v) is 2.71. The van der Waals surface area contributed by atoms with Gasteiger partial charge >= 0.3 is 0 Å². The Balaban J connectivity index is 1.97. The van der Waals surface area contributed by atoms with E-state index in [0.29, 0.717) is 0 Å². The molecule has 0 aliphatic heterocycles. The van der Waals surface area contributed by atoms with Crippen LogP contribution in [0.4, 0.5) is 0 Å². The van der Waals surface area contributed by atoms with Gasteiger partial charge in [0.05, 0.1) is 6.16 Å². The van der Waals surface area contributed by atoms with Crippen LogP contribution >= 0.6 is 8.81 Å². The Kier molecular flexibility index (Phi) is 3.72. The molecule has 0 aromatic carbocycles. The molecule has 0 fully saturated rings. The first-order valence-electron chi connectivity index (χ1n) is 1.37. The molecule has 0 bridgehead atoms. The molecule has 0 heterocycles. The van der Waals surface area contributed by atoms with Crippen LogP contribution in [0.25, 0.3) is 0 Å². The van der Waals surface area contributed by atoms with Gasteiger partial charge in [-0.25, -0.2) is 0 Å². The van der Waals surface area contributed by atoms with E-state index < -0.39 is 0 Å². The zero-order valence-corrected chi connectivity index (χ0v) is 3.89. The zero-order chi connectivity index (χ0) is 3.41. The average Bonchev–Trinajstić information content (AvgIpc) is 1.37. The molecule has 0 saturated carbocycles. The summed E-state index contributed by atoms with van der Waals surface area (Å²) in [6, 6.07) is 0. The Morgan fingerprint density at radius 1 is 2.00 bits per heavy atom. The molecule has 1 unspecified atom stereocenters. The van der Waals surface area contributed by atoms with Crippen LogP contribution in [-0.2, 0) is 0 Å². The fraction of sp³-hybridized carbons (Fsp3) is 1.00. The molecule has 0 aromatic heterocycles. The van der Waals surface area contributed by atoms with Gasteiger partial charge < -0.3 is 0 Å². The summed E-state index contributed by atoms with van der Waals surface area (Å²) in [4.78, 5) is 7.96. The number of hydrogen-bond acceptors (Lipinski definition) is 1. The van der Waals surface area contributed by atoms with E-state index in [1.165, 1.54) is 0 Å². The topological polar surface area (TPSA) is 20.2 Å². The second-order valence-electron chi connectivity index (χ2n) is 0.591. The van der Waals surface area contributed by atoms with E-state index in [1.807, 2.05) is 6.92 Å². The van der Waals surface area contributed by atoms with Gasteiger partial charge in [-0.15, -0.1) is 0 Å². The molecule has 0 amide bonds. The second-order valence-corrected chi connectivity index (χ2v) is 1.77. The fourth-order valence-corrected chi connectivity index (χ4v) is 0. The van der Waals surface area contributed by atoms with Crippen LogP contribution in [0.5, 0.6) is 0 Å². The molecule has 0 spiro atoms. The molecule has 0 saturated heterocycles. The highest BCUT2D eigenvalue weighted by Gasteiger charge is 1.66. The van der Waals surface area contributed by atoms with Gasteiger partial charge in [-0.2, -0.15) is 0 Å². The molecule has 1 nitrogen and oxygen atoms in total. The zero-order valence-electron chi connectivity index (χ0n) is 2.73. The van der Waals surface area contributed by atoms with Gasteiger partial charge in [-0.05, 0) is 6.92 Å². The van der Waals surface area contributed by atoms with Crippen molar-refractivity contribution in [2.45, 2.75) is 6.92 Å². The maximum absolute atomic E-state index is 7.96. The molecule has 0 aliphatic rings. The van der Waals surface area contributed by atoms with Crippen molar-refractivity contribution in [2.75, 3.05) is 6.16 Å². The third kappa shape index (κ3) is 2.39. The van der Waals surface area contributed by atoms with E-state index in [2.05, 4.69) is 0 Å². The van der Waals surface area contributed by atoms with Crippen LogP contribution in [0.1, 0.15) is 6.92 Å². The lowest BCUT2D eigenvalue weighted by Gasteiger charge is -1.60. The summed E-state index contributed by atoms with van der Waals surface area (Å²) in [5.74, 6) is 0. The van der Waals surface area contributed by atoms with Crippen molar-refractivity contribution in [3.63, 3.8) is 0 Å². The lowest BCUT2D eigenvalue weighted by atomic mass is 11.0. The van der Waals surface area contributed by atoms with Gasteiger partial charge in [0, 0.05) is 0 Å². The Morgan fingerprint density at radius 2 is 2.25 bits per heavy atom. The summed E-state index contributed by atoms with van der Waals surface area (Å²) in [6.45, 7) is 1.97. The molecule has 1 atom stereocenters. The molecule has 0 aliphatic carbocycles. The minimum absolute atomic E-state index is 0.218. The van der Waals surface area contributed by atoms with Crippen molar-refractivity contribution >= 4 is 8.81 Å². The van der Waals surface area contributed by atoms with Gasteiger partial charge in [0.15, 0.2) is 0 Å². The van der Waals surface area contributed by atoms with Gasteiger partial charge in [-0.3, -0.25) is 4.89 Å². The van der Waals surface area contributed by atoms with E-state index in [1.54, 1.807) is 0 Å². The van der Waals surface area contributed by atoms with Crippen LogP contribution in [0, 0.1) is 0 Å². The van der Waals surface area contributed by atoms with Crippen molar-refractivity contribution in [3.8, 4) is 0 Å². The third-order valence-electron chi connectivity index (χ3n) is 0.183. The molecule has 0 radical (unpaired) electrons. The summed E-state index contributed by atoms with van der Waals surface area (Å²) < 4.78 is 0. The molecule has 1 N–H and O–H groups in total. The highest BCUT2D eigenvalue weighted by atomic mass is 31.1. The van der Waals surface area contributed by atoms with Gasteiger partial charge in [0.2, 0.25) is 0 Å². The van der Waals surface area contributed by atoms with Crippen LogP contribution in [0.3, 0.4) is 0 Å². The molecular formula is C2H8OP+. The van der Waals surface area contributed by atoms with Gasteiger partial charge in [-0.1, -0.05) is 0 Å². The Hall–Kier alpha value is 0.390. The van der Waals surface area contributed by atoms with E-state index >= 15 is 0 Å². The molecule has 26 valence electrons. The normalized spacial score (nSPS) is 10.5. The minimum Gasteiger partial charge on any atom is -0.257 e. The highest BCUT2D eigenvalue weighted by Crippen LogP contribution is 1.94. The summed E-state index contributed by atoms with van der Waals surface area (Å²) in [7, 11) is -0.218. The summed E-state index contributed by atoms with van der Waals surface area (Å²) in [5, 5.41) is 0. The first-order chi connectivity index (χ1) is 1.91. The quantitative estimate of drug-likeness (QED) is 0.449. The Morgan fingerprint density at radius 3 is 2.25 bits per heavy atom. The molecule has 2 heteroatoms. The summed E-state index contributed by atoms with van der Waals surface area (Å²) >= 11 is 0. The fourth-order valence-electron chi connectivity index (χ4n) is 0. The molecule has 0 aromatic rings. The van der Waals surface area contributed by atoms with Crippen LogP contribution in [-0.4, -0.2) is 11.1 Å². The summed E-state index contributed by atoms with van der Waals surface area (Å²) in [6.07, 6.45) is 0.958. The second kappa shape index (κ2) is 3.39. The van der Waals surface area contributed by atoms with Crippen molar-refractivity contribution in [3.05, 3.63) is 0 Å². The predicted octanol–water partition coefficient (Wildman–Crippen LogP) is 0.324. The van der Waals surface area contributed by atoms with Crippen molar-refractivity contribution in [1.82, 2.24) is 0 Å². The Bertz CT molecular complexity index is 8.00. The Labute approximate surface area is 27.9 Å². The smallest absolute Gasteiger partial charge is 0.116 e. The monoisotopic (exact) mass is 79.0 g/mol. The van der Waals surface area contributed by atoms with Crippen molar-refractivity contribution < 1.29 is 4.89 Å². The van der Waals surface area contributed by atoms with Crippen molar-refractivity contribution in [2.24, 2.45) is 0 Å². The van der Waals surface area contributed by atoms with Gasteiger partial charge in [0.25, 0.3) is 0 Å². The van der Waals surface area contributed by atoms with E-state index in [-0.39, 0.29) is 8.81 Å². The molecule has 4 heavy (non-hydrogen) atoms. The van der Waals surface area contributed by atoms with E-state index in [0.717, 1.165) is 6.16 Å². The first kappa shape index (κ1) is 4.39. The van der Waals surface area contributed by atoms with Gasteiger partial charge in [0.1, 0.15) is 8.81 Å². The lowest BCUT2D eigenvalue weighted by molar-refractivity contribution is 0.646. The van der Waals surface area contributed by atoms with Crippen molar-refractivity contribution in [1.29, 1.82) is 0 Å². The van der Waals surface area contributed by atoms with Crippen LogP contribution in [0.2, 0.25) is 0 Å². The number of hydrogen-bond donors (Lipinski definition) is 1. The lowest BCUT2D eigenvalue weighted by Crippen LogP contribution is -1.48. The highest BCUT2D eigenvalue weighted by molar-refractivity contribution is 7.30. The average molecular weight is 79.1 g/mol. The van der Waals surface area contributed by atoms with Crippen LogP contribution < -0.4 is 0 Å².